The number of rotatable bonds is 3. The normalized spacial score (nSPS) is 16.2. The van der Waals surface area contributed by atoms with Gasteiger partial charge in [0.2, 0.25) is 0 Å². The van der Waals surface area contributed by atoms with Crippen LogP contribution in [0.15, 0.2) is 24.4 Å². The van der Waals surface area contributed by atoms with Crippen molar-refractivity contribution in [2.75, 3.05) is 32.2 Å². The summed E-state index contributed by atoms with van der Waals surface area (Å²) < 4.78 is 10.7. The molecular formula is C16H20N2O3. The third kappa shape index (κ3) is 2.61. The number of hydrogen-bond acceptors (Lipinski definition) is 5. The number of aliphatic hydroxyl groups is 1. The molecule has 0 unspecified atom stereocenters. The Morgan fingerprint density at radius 1 is 1.14 bits per heavy atom. The number of nitrogens with zero attached hydrogens (tertiary/aromatic N) is 2. The van der Waals surface area contributed by atoms with Crippen molar-refractivity contribution in [1.29, 1.82) is 0 Å². The summed E-state index contributed by atoms with van der Waals surface area (Å²) in [5.41, 5.74) is 2.02. The third-order valence-electron chi connectivity index (χ3n) is 4.03. The molecule has 5 nitrogen and oxygen atoms in total. The lowest BCUT2D eigenvalue weighted by Crippen LogP contribution is -2.35. The highest BCUT2D eigenvalue weighted by Crippen LogP contribution is 2.36. The molecule has 1 fully saturated rings. The molecule has 1 aromatic heterocycles. The van der Waals surface area contributed by atoms with Crippen LogP contribution < -0.4 is 14.4 Å². The summed E-state index contributed by atoms with van der Waals surface area (Å²) in [6, 6.07) is 5.89. The number of aliphatic hydroxyl groups excluding tert-OH is 1. The third-order valence-corrected chi connectivity index (χ3v) is 4.03. The Bertz CT molecular complexity index is 637. The number of piperidine rings is 1. The van der Waals surface area contributed by atoms with Crippen LogP contribution in [0.4, 0.5) is 5.69 Å². The first-order chi connectivity index (χ1) is 10.2. The zero-order chi connectivity index (χ0) is 14.8. The summed E-state index contributed by atoms with van der Waals surface area (Å²) in [5, 5.41) is 10.7. The minimum absolute atomic E-state index is 0.177. The summed E-state index contributed by atoms with van der Waals surface area (Å²) in [6.45, 7) is 1.71. The number of methoxy groups -OCH3 is 2. The zero-order valence-corrected chi connectivity index (χ0v) is 12.4. The number of aromatic nitrogens is 1. The molecule has 1 aliphatic heterocycles. The first-order valence-electron chi connectivity index (χ1n) is 7.16. The zero-order valence-electron chi connectivity index (χ0n) is 12.4. The molecule has 2 aromatic rings. The summed E-state index contributed by atoms with van der Waals surface area (Å²) >= 11 is 0. The van der Waals surface area contributed by atoms with E-state index in [0.717, 1.165) is 42.5 Å². The quantitative estimate of drug-likeness (QED) is 0.938. The minimum atomic E-state index is -0.177. The highest BCUT2D eigenvalue weighted by molar-refractivity contribution is 5.94. The maximum Gasteiger partial charge on any atom is 0.162 e. The summed E-state index contributed by atoms with van der Waals surface area (Å²) in [6.07, 6.45) is 3.24. The van der Waals surface area contributed by atoms with Crippen LogP contribution in [-0.4, -0.2) is 43.5 Å². The van der Waals surface area contributed by atoms with E-state index in [1.807, 2.05) is 24.4 Å². The minimum Gasteiger partial charge on any atom is -0.493 e. The lowest BCUT2D eigenvalue weighted by molar-refractivity contribution is 0.145. The van der Waals surface area contributed by atoms with Crippen molar-refractivity contribution in [2.45, 2.75) is 18.9 Å². The molecular weight excluding hydrogens is 268 g/mol. The molecule has 0 spiro atoms. The van der Waals surface area contributed by atoms with E-state index in [1.165, 1.54) is 0 Å². The average Bonchev–Trinajstić information content (AvgIpc) is 2.53. The van der Waals surface area contributed by atoms with E-state index in [9.17, 15) is 5.11 Å². The van der Waals surface area contributed by atoms with Gasteiger partial charge in [-0.25, -0.2) is 0 Å². The average molecular weight is 288 g/mol. The van der Waals surface area contributed by atoms with Crippen LogP contribution in [0.1, 0.15) is 12.8 Å². The molecule has 5 heteroatoms. The molecule has 1 aromatic carbocycles. The first-order valence-corrected chi connectivity index (χ1v) is 7.16. The number of fused-ring (bicyclic) bond motifs is 1. The molecule has 1 aliphatic rings. The smallest absolute Gasteiger partial charge is 0.162 e. The predicted molar refractivity (Wildman–Crippen MR) is 82.3 cm³/mol. The second-order valence-corrected chi connectivity index (χ2v) is 5.27. The SMILES string of the molecule is COc1cc2nccc(N3CCC(O)CC3)c2cc1OC. The molecule has 3 rings (SSSR count). The van der Waals surface area contributed by atoms with Crippen LogP contribution in [0.25, 0.3) is 10.9 Å². The molecule has 0 bridgehead atoms. The standard InChI is InChI=1S/C16H20N2O3/c1-20-15-9-12-13(10-16(15)21-2)17-6-3-14(12)18-7-4-11(19)5-8-18/h3,6,9-11,19H,4-5,7-8H2,1-2H3. The van der Waals surface area contributed by atoms with Crippen LogP contribution in [0, 0.1) is 0 Å². The van der Waals surface area contributed by atoms with Gasteiger partial charge in [-0.1, -0.05) is 0 Å². The molecule has 0 amide bonds. The van der Waals surface area contributed by atoms with Gasteiger partial charge in [-0.2, -0.15) is 0 Å². The van der Waals surface area contributed by atoms with Crippen molar-refractivity contribution in [3.8, 4) is 11.5 Å². The Kier molecular flexibility index (Phi) is 3.84. The van der Waals surface area contributed by atoms with Gasteiger partial charge in [0.1, 0.15) is 0 Å². The van der Waals surface area contributed by atoms with E-state index < -0.39 is 0 Å². The molecule has 21 heavy (non-hydrogen) atoms. The van der Waals surface area contributed by atoms with Gasteiger partial charge in [0.15, 0.2) is 11.5 Å². The molecule has 0 radical (unpaired) electrons. The molecule has 1 saturated heterocycles. The van der Waals surface area contributed by atoms with Gasteiger partial charge in [0.25, 0.3) is 0 Å². The van der Waals surface area contributed by atoms with Gasteiger partial charge < -0.3 is 19.5 Å². The van der Waals surface area contributed by atoms with E-state index in [-0.39, 0.29) is 6.10 Å². The van der Waals surface area contributed by atoms with E-state index in [0.29, 0.717) is 11.5 Å². The van der Waals surface area contributed by atoms with Gasteiger partial charge in [-0.05, 0) is 25.0 Å². The fourth-order valence-corrected chi connectivity index (χ4v) is 2.84. The van der Waals surface area contributed by atoms with Gasteiger partial charge in [-0.15, -0.1) is 0 Å². The van der Waals surface area contributed by atoms with Crippen LogP contribution in [-0.2, 0) is 0 Å². The van der Waals surface area contributed by atoms with Crippen molar-refractivity contribution in [1.82, 2.24) is 4.98 Å². The van der Waals surface area contributed by atoms with Gasteiger partial charge in [-0.3, -0.25) is 4.98 Å². The topological polar surface area (TPSA) is 54.8 Å². The second kappa shape index (κ2) is 5.77. The van der Waals surface area contributed by atoms with Crippen molar-refractivity contribution in [3.63, 3.8) is 0 Å². The number of ether oxygens (including phenoxy) is 2. The Morgan fingerprint density at radius 2 is 1.81 bits per heavy atom. The van der Waals surface area contributed by atoms with Crippen LogP contribution in [0.2, 0.25) is 0 Å². The molecule has 1 N–H and O–H groups in total. The van der Waals surface area contributed by atoms with E-state index in [4.69, 9.17) is 9.47 Å². The Balaban J connectivity index is 2.06. The largest absolute Gasteiger partial charge is 0.493 e. The lowest BCUT2D eigenvalue weighted by Gasteiger charge is -2.32. The first kappa shape index (κ1) is 13.9. The van der Waals surface area contributed by atoms with E-state index in [1.54, 1.807) is 14.2 Å². The highest BCUT2D eigenvalue weighted by Gasteiger charge is 2.20. The van der Waals surface area contributed by atoms with E-state index >= 15 is 0 Å². The maximum atomic E-state index is 9.66. The number of pyridine rings is 1. The second-order valence-electron chi connectivity index (χ2n) is 5.27. The summed E-state index contributed by atoms with van der Waals surface area (Å²) in [7, 11) is 3.26. The fraction of sp³-hybridized carbons (Fsp3) is 0.438. The molecule has 2 heterocycles. The highest BCUT2D eigenvalue weighted by atomic mass is 16.5. The predicted octanol–water partition coefficient (Wildman–Crippen LogP) is 2.21. The van der Waals surface area contributed by atoms with Crippen molar-refractivity contribution >= 4 is 16.6 Å². The van der Waals surface area contributed by atoms with Gasteiger partial charge >= 0.3 is 0 Å². The van der Waals surface area contributed by atoms with Crippen molar-refractivity contribution in [3.05, 3.63) is 24.4 Å². The Hall–Kier alpha value is -2.01. The van der Waals surface area contributed by atoms with Crippen molar-refractivity contribution in [2.24, 2.45) is 0 Å². The van der Waals surface area contributed by atoms with Gasteiger partial charge in [0, 0.05) is 36.4 Å². The maximum absolute atomic E-state index is 9.66. The molecule has 0 aliphatic carbocycles. The number of anilines is 1. The number of benzene rings is 1. The number of hydrogen-bond donors (Lipinski definition) is 1. The monoisotopic (exact) mass is 288 g/mol. The van der Waals surface area contributed by atoms with Crippen LogP contribution in [0.5, 0.6) is 11.5 Å². The summed E-state index contributed by atoms with van der Waals surface area (Å²) in [5.74, 6) is 1.39. The van der Waals surface area contributed by atoms with Crippen LogP contribution >= 0.6 is 0 Å². The molecule has 112 valence electrons. The summed E-state index contributed by atoms with van der Waals surface area (Å²) in [4.78, 5) is 6.72. The van der Waals surface area contributed by atoms with Gasteiger partial charge in [0.05, 0.1) is 25.8 Å². The Morgan fingerprint density at radius 3 is 2.48 bits per heavy atom. The van der Waals surface area contributed by atoms with E-state index in [2.05, 4.69) is 9.88 Å². The van der Waals surface area contributed by atoms with Crippen molar-refractivity contribution < 1.29 is 14.6 Å². The molecule has 0 atom stereocenters. The fourth-order valence-electron chi connectivity index (χ4n) is 2.84. The Labute approximate surface area is 124 Å². The lowest BCUT2D eigenvalue weighted by atomic mass is 10.1. The van der Waals surface area contributed by atoms with Crippen LogP contribution in [0.3, 0.4) is 0 Å². The molecule has 0 saturated carbocycles.